The van der Waals surface area contributed by atoms with Gasteiger partial charge in [-0.25, -0.2) is 8.78 Å². The van der Waals surface area contributed by atoms with E-state index in [-0.39, 0.29) is 17.4 Å². The van der Waals surface area contributed by atoms with Gasteiger partial charge < -0.3 is 4.90 Å². The van der Waals surface area contributed by atoms with Crippen molar-refractivity contribution < 1.29 is 13.6 Å². The van der Waals surface area contributed by atoms with Crippen molar-refractivity contribution in [2.75, 3.05) is 6.54 Å². The van der Waals surface area contributed by atoms with Crippen molar-refractivity contribution in [3.63, 3.8) is 0 Å². The normalized spacial score (nSPS) is 15.8. The highest BCUT2D eigenvalue weighted by molar-refractivity contribution is 5.93. The summed E-state index contributed by atoms with van der Waals surface area (Å²) in [6.07, 6.45) is -0.889. The zero-order chi connectivity index (χ0) is 15.1. The summed E-state index contributed by atoms with van der Waals surface area (Å²) in [5.41, 5.74) is 0.988. The number of nitrogens with zero attached hydrogens (tertiary/aromatic N) is 3. The number of alkyl halides is 2. The van der Waals surface area contributed by atoms with Crippen LogP contribution in [-0.4, -0.2) is 39.6 Å². The minimum atomic E-state index is -2.50. The maximum absolute atomic E-state index is 12.6. The fraction of sp³-hybridized carbons (Fsp3) is 0.714. The van der Waals surface area contributed by atoms with E-state index >= 15 is 0 Å². The average Bonchev–Trinajstić information content (AvgIpc) is 3.06. The number of carbonyl (C=O) groups excluding carboxylic acids is 1. The van der Waals surface area contributed by atoms with Gasteiger partial charge in [0.25, 0.3) is 12.3 Å². The molecule has 2 rings (SSSR count). The summed E-state index contributed by atoms with van der Waals surface area (Å²) in [4.78, 5) is 13.7. The second kappa shape index (κ2) is 5.14. The first-order valence-corrected chi connectivity index (χ1v) is 6.84. The van der Waals surface area contributed by atoms with Gasteiger partial charge >= 0.3 is 0 Å². The van der Waals surface area contributed by atoms with E-state index in [4.69, 9.17) is 0 Å². The summed E-state index contributed by atoms with van der Waals surface area (Å²) in [5.74, 6) is -0.349. The molecule has 1 aliphatic rings. The third kappa shape index (κ3) is 3.16. The largest absolute Gasteiger partial charge is 0.329 e. The Labute approximate surface area is 117 Å². The molecular weight excluding hydrogens is 264 g/mol. The second-order valence-corrected chi connectivity index (χ2v) is 6.37. The molecule has 1 heterocycles. The summed E-state index contributed by atoms with van der Waals surface area (Å²) < 4.78 is 26.7. The van der Waals surface area contributed by atoms with Gasteiger partial charge in [0.1, 0.15) is 5.69 Å². The highest BCUT2D eigenvalue weighted by Gasteiger charge is 2.36. The number of hydrogen-bond donors (Lipinski definition) is 0. The Morgan fingerprint density at radius 2 is 2.10 bits per heavy atom. The van der Waals surface area contributed by atoms with E-state index in [1.165, 1.54) is 9.58 Å². The zero-order valence-corrected chi connectivity index (χ0v) is 12.4. The Balaban J connectivity index is 2.25. The van der Waals surface area contributed by atoms with Gasteiger partial charge in [-0.05, 0) is 18.9 Å². The first kappa shape index (κ1) is 14.9. The van der Waals surface area contributed by atoms with E-state index < -0.39 is 13.0 Å². The lowest BCUT2D eigenvalue weighted by Gasteiger charge is -2.21. The minimum Gasteiger partial charge on any atom is -0.329 e. The number of halogens is 2. The molecule has 1 aromatic heterocycles. The summed E-state index contributed by atoms with van der Waals surface area (Å²) in [5, 5.41) is 4.33. The van der Waals surface area contributed by atoms with E-state index in [1.54, 1.807) is 13.1 Å². The van der Waals surface area contributed by atoms with Crippen molar-refractivity contribution in [3.05, 3.63) is 17.5 Å². The van der Waals surface area contributed by atoms with Gasteiger partial charge in [0, 0.05) is 18.5 Å². The molecule has 0 radical (unpaired) electrons. The molecule has 20 heavy (non-hydrogen) atoms. The van der Waals surface area contributed by atoms with Crippen molar-refractivity contribution in [2.24, 2.45) is 7.05 Å². The van der Waals surface area contributed by atoms with Gasteiger partial charge in [0.15, 0.2) is 0 Å². The van der Waals surface area contributed by atoms with Crippen LogP contribution in [0.3, 0.4) is 0 Å². The molecule has 0 N–H and O–H groups in total. The standard InChI is InChI=1S/C14H21F2N3O/c1-14(2,3)11-7-10(18(4)17-11)13(20)19(8-12(15)16)9-5-6-9/h7,9,12H,5-6,8H2,1-4H3. The Morgan fingerprint density at radius 1 is 1.50 bits per heavy atom. The summed E-state index contributed by atoms with van der Waals surface area (Å²) >= 11 is 0. The smallest absolute Gasteiger partial charge is 0.272 e. The summed E-state index contributed by atoms with van der Waals surface area (Å²) in [7, 11) is 1.68. The predicted octanol–water partition coefficient (Wildman–Crippen LogP) is 2.59. The van der Waals surface area contributed by atoms with Crippen molar-refractivity contribution in [1.29, 1.82) is 0 Å². The third-order valence-corrected chi connectivity index (χ3v) is 3.45. The lowest BCUT2D eigenvalue weighted by Crippen LogP contribution is -2.37. The molecule has 0 bridgehead atoms. The SMILES string of the molecule is Cn1nc(C(C)(C)C)cc1C(=O)N(CC(F)F)C1CC1. The van der Waals surface area contributed by atoms with E-state index in [2.05, 4.69) is 5.10 Å². The Hall–Kier alpha value is -1.46. The zero-order valence-electron chi connectivity index (χ0n) is 12.4. The van der Waals surface area contributed by atoms with E-state index in [0.717, 1.165) is 18.5 Å². The molecule has 0 spiro atoms. The quantitative estimate of drug-likeness (QED) is 0.853. The molecule has 0 aliphatic heterocycles. The summed E-state index contributed by atoms with van der Waals surface area (Å²) in [6, 6.07) is 1.67. The average molecular weight is 285 g/mol. The second-order valence-electron chi connectivity index (χ2n) is 6.37. The Bertz CT molecular complexity index is 501. The van der Waals surface area contributed by atoms with Crippen molar-refractivity contribution in [2.45, 2.75) is 51.5 Å². The maximum atomic E-state index is 12.6. The predicted molar refractivity (Wildman–Crippen MR) is 72.0 cm³/mol. The van der Waals surface area contributed by atoms with Gasteiger partial charge in [-0.3, -0.25) is 9.48 Å². The van der Waals surface area contributed by atoms with E-state index in [0.29, 0.717) is 5.69 Å². The molecular formula is C14H21F2N3O. The van der Waals surface area contributed by atoms with Crippen LogP contribution in [0.5, 0.6) is 0 Å². The van der Waals surface area contributed by atoms with Crippen molar-refractivity contribution in [3.8, 4) is 0 Å². The Kier molecular flexibility index (Phi) is 3.84. The fourth-order valence-corrected chi connectivity index (χ4v) is 2.11. The number of aryl methyl sites for hydroxylation is 1. The molecule has 0 unspecified atom stereocenters. The van der Waals surface area contributed by atoms with Gasteiger partial charge in [0.05, 0.1) is 12.2 Å². The molecule has 0 atom stereocenters. The van der Waals surface area contributed by atoms with Crippen molar-refractivity contribution in [1.82, 2.24) is 14.7 Å². The molecule has 0 aromatic carbocycles. The molecule has 0 saturated heterocycles. The highest BCUT2D eigenvalue weighted by atomic mass is 19.3. The summed E-state index contributed by atoms with van der Waals surface area (Å²) in [6.45, 7) is 5.50. The van der Waals surface area contributed by atoms with Crippen LogP contribution >= 0.6 is 0 Å². The van der Waals surface area contributed by atoms with Crippen LogP contribution in [0.25, 0.3) is 0 Å². The molecule has 1 saturated carbocycles. The first-order valence-electron chi connectivity index (χ1n) is 6.84. The minimum absolute atomic E-state index is 0.0375. The molecule has 1 aromatic rings. The van der Waals surface area contributed by atoms with Crippen LogP contribution in [0.15, 0.2) is 6.07 Å². The number of rotatable bonds is 4. The van der Waals surface area contributed by atoms with Gasteiger partial charge in [-0.2, -0.15) is 5.10 Å². The van der Waals surface area contributed by atoms with Crippen LogP contribution in [0, 0.1) is 0 Å². The van der Waals surface area contributed by atoms with Gasteiger partial charge in [-0.15, -0.1) is 0 Å². The maximum Gasteiger partial charge on any atom is 0.272 e. The number of hydrogen-bond acceptors (Lipinski definition) is 2. The fourth-order valence-electron chi connectivity index (χ4n) is 2.11. The van der Waals surface area contributed by atoms with Crippen molar-refractivity contribution >= 4 is 5.91 Å². The van der Waals surface area contributed by atoms with E-state index in [9.17, 15) is 13.6 Å². The van der Waals surface area contributed by atoms with Gasteiger partial charge in [0.2, 0.25) is 0 Å². The van der Waals surface area contributed by atoms with Crippen LogP contribution in [0.1, 0.15) is 49.8 Å². The van der Waals surface area contributed by atoms with E-state index in [1.807, 2.05) is 20.8 Å². The lowest BCUT2D eigenvalue weighted by molar-refractivity contribution is 0.0525. The van der Waals surface area contributed by atoms with Crippen LogP contribution in [0.2, 0.25) is 0 Å². The molecule has 1 amide bonds. The first-order chi connectivity index (χ1) is 9.20. The third-order valence-electron chi connectivity index (χ3n) is 3.45. The number of carbonyl (C=O) groups is 1. The Morgan fingerprint density at radius 3 is 2.50 bits per heavy atom. The number of aromatic nitrogens is 2. The van der Waals surface area contributed by atoms with Crippen LogP contribution < -0.4 is 0 Å². The molecule has 4 nitrogen and oxygen atoms in total. The molecule has 6 heteroatoms. The molecule has 112 valence electrons. The van der Waals surface area contributed by atoms with Gasteiger partial charge in [-0.1, -0.05) is 20.8 Å². The number of amides is 1. The monoisotopic (exact) mass is 285 g/mol. The van der Waals surface area contributed by atoms with Crippen LogP contribution in [0.4, 0.5) is 8.78 Å². The topological polar surface area (TPSA) is 38.1 Å². The van der Waals surface area contributed by atoms with Crippen LogP contribution in [-0.2, 0) is 12.5 Å². The lowest BCUT2D eigenvalue weighted by atomic mass is 9.92. The molecule has 1 fully saturated rings. The highest BCUT2D eigenvalue weighted by Crippen LogP contribution is 2.29. The molecule has 1 aliphatic carbocycles.